The van der Waals surface area contributed by atoms with Crippen LogP contribution in [-0.4, -0.2) is 56.4 Å². The Hall–Kier alpha value is -1.48. The lowest BCUT2D eigenvalue weighted by molar-refractivity contribution is 0.155. The standard InChI is InChI=1S/C19H23FN2O3S2/c20-14-1-3-15(4-2-14)22-10-8-21(9-11-22)7-5-16-13-18(23)17-6-12-26-19(17)27(16,24)25/h1-4,6,12,16,18,23H,5,7-11,13H2. The minimum Gasteiger partial charge on any atom is -0.388 e. The van der Waals surface area contributed by atoms with E-state index >= 15 is 0 Å². The number of piperazine rings is 1. The average molecular weight is 411 g/mol. The van der Waals surface area contributed by atoms with Crippen LogP contribution in [0.25, 0.3) is 0 Å². The van der Waals surface area contributed by atoms with Crippen LogP contribution in [0.15, 0.2) is 39.9 Å². The predicted molar refractivity (Wildman–Crippen MR) is 105 cm³/mol. The van der Waals surface area contributed by atoms with Crippen molar-refractivity contribution in [1.29, 1.82) is 0 Å². The van der Waals surface area contributed by atoms with E-state index in [2.05, 4.69) is 9.80 Å². The van der Waals surface area contributed by atoms with Crippen molar-refractivity contribution in [2.24, 2.45) is 0 Å². The molecule has 1 aromatic carbocycles. The molecule has 1 N–H and O–H groups in total. The molecule has 0 aliphatic carbocycles. The molecule has 0 saturated carbocycles. The van der Waals surface area contributed by atoms with Crippen molar-refractivity contribution in [2.75, 3.05) is 37.6 Å². The zero-order valence-corrected chi connectivity index (χ0v) is 16.6. The van der Waals surface area contributed by atoms with E-state index < -0.39 is 21.2 Å². The fourth-order valence-electron chi connectivity index (χ4n) is 3.92. The second-order valence-corrected chi connectivity index (χ2v) is 10.5. The summed E-state index contributed by atoms with van der Waals surface area (Å²) < 4.78 is 39.0. The van der Waals surface area contributed by atoms with Gasteiger partial charge in [-0.3, -0.25) is 4.90 Å². The molecular formula is C19H23FN2O3S2. The lowest BCUT2D eigenvalue weighted by Crippen LogP contribution is -2.47. The van der Waals surface area contributed by atoms with Gasteiger partial charge in [0.1, 0.15) is 10.0 Å². The van der Waals surface area contributed by atoms with Crippen molar-refractivity contribution in [3.63, 3.8) is 0 Å². The van der Waals surface area contributed by atoms with Gasteiger partial charge in [-0.2, -0.15) is 0 Å². The van der Waals surface area contributed by atoms with Crippen molar-refractivity contribution in [1.82, 2.24) is 4.90 Å². The molecule has 2 atom stereocenters. The van der Waals surface area contributed by atoms with Crippen LogP contribution in [0, 0.1) is 5.82 Å². The van der Waals surface area contributed by atoms with Crippen molar-refractivity contribution < 1.29 is 17.9 Å². The van der Waals surface area contributed by atoms with Crippen LogP contribution in [0.1, 0.15) is 24.5 Å². The Kier molecular flexibility index (Phi) is 5.24. The highest BCUT2D eigenvalue weighted by Crippen LogP contribution is 2.40. The number of sulfone groups is 1. The molecule has 8 heteroatoms. The van der Waals surface area contributed by atoms with Gasteiger partial charge in [0.2, 0.25) is 0 Å². The normalized spacial score (nSPS) is 25.3. The third kappa shape index (κ3) is 3.76. The molecule has 1 saturated heterocycles. The number of hydrogen-bond acceptors (Lipinski definition) is 6. The number of rotatable bonds is 4. The molecule has 2 aliphatic heterocycles. The second-order valence-electron chi connectivity index (χ2n) is 7.18. The summed E-state index contributed by atoms with van der Waals surface area (Å²) in [5, 5.41) is 11.5. The Labute approximate surface area is 163 Å². The Morgan fingerprint density at radius 2 is 1.81 bits per heavy atom. The smallest absolute Gasteiger partial charge is 0.191 e. The molecule has 0 bridgehead atoms. The fraction of sp³-hybridized carbons (Fsp3) is 0.474. The summed E-state index contributed by atoms with van der Waals surface area (Å²) in [7, 11) is -3.35. The van der Waals surface area contributed by atoms with Crippen LogP contribution < -0.4 is 4.90 Å². The van der Waals surface area contributed by atoms with E-state index in [1.54, 1.807) is 23.6 Å². The van der Waals surface area contributed by atoms with Gasteiger partial charge in [-0.05, 0) is 55.1 Å². The number of benzene rings is 1. The first-order chi connectivity index (χ1) is 12.9. The monoisotopic (exact) mass is 410 g/mol. The maximum Gasteiger partial charge on any atom is 0.191 e. The highest BCUT2D eigenvalue weighted by Gasteiger charge is 2.39. The Balaban J connectivity index is 1.33. The van der Waals surface area contributed by atoms with E-state index in [0.717, 1.165) is 31.9 Å². The largest absolute Gasteiger partial charge is 0.388 e. The molecule has 4 rings (SSSR count). The molecule has 0 radical (unpaired) electrons. The summed E-state index contributed by atoms with van der Waals surface area (Å²) in [6.45, 7) is 4.06. The van der Waals surface area contributed by atoms with Crippen LogP contribution in [0.3, 0.4) is 0 Å². The number of aliphatic hydroxyl groups excluding tert-OH is 1. The van der Waals surface area contributed by atoms with Crippen molar-refractivity contribution in [3.8, 4) is 0 Å². The zero-order valence-electron chi connectivity index (χ0n) is 14.9. The van der Waals surface area contributed by atoms with Gasteiger partial charge >= 0.3 is 0 Å². The SMILES string of the molecule is O=S1(=O)c2sccc2C(O)CC1CCN1CCN(c2ccc(F)cc2)CC1. The number of halogens is 1. The van der Waals surface area contributed by atoms with Crippen molar-refractivity contribution in [2.45, 2.75) is 28.4 Å². The van der Waals surface area contributed by atoms with E-state index in [1.165, 1.54) is 23.5 Å². The quantitative estimate of drug-likeness (QED) is 0.840. The number of fused-ring (bicyclic) bond motifs is 1. The lowest BCUT2D eigenvalue weighted by atomic mass is 10.1. The van der Waals surface area contributed by atoms with Crippen LogP contribution in [0.5, 0.6) is 0 Å². The number of hydrogen-bond donors (Lipinski definition) is 1. The van der Waals surface area contributed by atoms with E-state index in [4.69, 9.17) is 0 Å². The molecule has 2 unspecified atom stereocenters. The number of nitrogens with zero attached hydrogens (tertiary/aromatic N) is 2. The first kappa shape index (κ1) is 18.9. The predicted octanol–water partition coefficient (Wildman–Crippen LogP) is 2.68. The summed E-state index contributed by atoms with van der Waals surface area (Å²) >= 11 is 1.21. The van der Waals surface area contributed by atoms with Gasteiger partial charge in [-0.15, -0.1) is 11.3 Å². The third-order valence-electron chi connectivity index (χ3n) is 5.53. The molecule has 5 nitrogen and oxygen atoms in total. The fourth-order valence-corrected chi connectivity index (χ4v) is 7.40. The molecule has 0 amide bonds. The van der Waals surface area contributed by atoms with Gasteiger partial charge < -0.3 is 10.0 Å². The maximum atomic E-state index is 13.1. The minimum atomic E-state index is -3.35. The highest BCUT2D eigenvalue weighted by atomic mass is 32.2. The second kappa shape index (κ2) is 7.50. The highest BCUT2D eigenvalue weighted by molar-refractivity contribution is 7.94. The summed E-state index contributed by atoms with van der Waals surface area (Å²) in [5.41, 5.74) is 1.57. The molecule has 2 aliphatic rings. The van der Waals surface area contributed by atoms with Gasteiger partial charge in [-0.1, -0.05) is 0 Å². The minimum absolute atomic E-state index is 0.234. The topological polar surface area (TPSA) is 60.9 Å². The van der Waals surface area contributed by atoms with Crippen molar-refractivity contribution in [3.05, 3.63) is 47.1 Å². The van der Waals surface area contributed by atoms with E-state index in [1.807, 2.05) is 0 Å². The molecule has 27 heavy (non-hydrogen) atoms. The number of aliphatic hydroxyl groups is 1. The third-order valence-corrected chi connectivity index (χ3v) is 9.30. The van der Waals surface area contributed by atoms with Crippen LogP contribution in [-0.2, 0) is 9.84 Å². The molecule has 146 valence electrons. The first-order valence-electron chi connectivity index (χ1n) is 9.17. The zero-order chi connectivity index (χ0) is 19.0. The van der Waals surface area contributed by atoms with E-state index in [9.17, 15) is 17.9 Å². The lowest BCUT2D eigenvalue weighted by Gasteiger charge is -2.37. The van der Waals surface area contributed by atoms with E-state index in [-0.39, 0.29) is 12.2 Å². The van der Waals surface area contributed by atoms with Gasteiger partial charge in [0.25, 0.3) is 0 Å². The van der Waals surface area contributed by atoms with Gasteiger partial charge in [0, 0.05) is 37.4 Å². The summed E-state index contributed by atoms with van der Waals surface area (Å²) in [4.78, 5) is 4.49. The molecule has 1 aromatic heterocycles. The number of anilines is 1. The Bertz CT molecular complexity index is 890. The van der Waals surface area contributed by atoms with Gasteiger partial charge in [0.15, 0.2) is 9.84 Å². The Morgan fingerprint density at radius 1 is 1.11 bits per heavy atom. The van der Waals surface area contributed by atoms with E-state index in [0.29, 0.717) is 22.7 Å². The summed E-state index contributed by atoms with van der Waals surface area (Å²) in [6, 6.07) is 8.24. The summed E-state index contributed by atoms with van der Waals surface area (Å²) in [5.74, 6) is -0.234. The molecule has 1 fully saturated rings. The van der Waals surface area contributed by atoms with Crippen LogP contribution >= 0.6 is 11.3 Å². The average Bonchev–Trinajstić information content (AvgIpc) is 3.17. The molecule has 0 spiro atoms. The summed E-state index contributed by atoms with van der Waals surface area (Å²) in [6.07, 6.45) is 0.129. The number of thiophene rings is 1. The van der Waals surface area contributed by atoms with Crippen molar-refractivity contribution >= 4 is 26.9 Å². The Morgan fingerprint density at radius 3 is 2.52 bits per heavy atom. The van der Waals surface area contributed by atoms with Gasteiger partial charge in [0.05, 0.1) is 11.4 Å². The van der Waals surface area contributed by atoms with Gasteiger partial charge in [-0.25, -0.2) is 12.8 Å². The maximum absolute atomic E-state index is 13.1. The molecule has 2 aromatic rings. The van der Waals surface area contributed by atoms with Crippen LogP contribution in [0.4, 0.5) is 10.1 Å². The molecular weight excluding hydrogens is 387 g/mol. The first-order valence-corrected chi connectivity index (χ1v) is 11.6. The van der Waals surface area contributed by atoms with Crippen LogP contribution in [0.2, 0.25) is 0 Å². The molecule has 3 heterocycles.